The second-order valence-electron chi connectivity index (χ2n) is 28.0. The van der Waals surface area contributed by atoms with Crippen molar-refractivity contribution in [1.82, 2.24) is 45.9 Å². The van der Waals surface area contributed by atoms with Gasteiger partial charge in [0.05, 0.1) is 33.5 Å². The molecule has 6 aromatic heterocycles. The van der Waals surface area contributed by atoms with E-state index in [1.165, 1.54) is 67.0 Å². The number of esters is 1. The molecule has 0 aliphatic heterocycles. The fourth-order valence-electron chi connectivity index (χ4n) is 9.57. The van der Waals surface area contributed by atoms with E-state index in [0.29, 0.717) is 109 Å². The Morgan fingerprint density at radius 3 is 1.39 bits per heavy atom. The number of terminal acetylenes is 2. The minimum atomic E-state index is -0.750. The van der Waals surface area contributed by atoms with Crippen LogP contribution in [0.3, 0.4) is 0 Å². The number of fused-ring (bicyclic) bond motifs is 1. The number of ether oxygens (including phenoxy) is 1. The molecule has 5 aromatic carbocycles. The van der Waals surface area contributed by atoms with Crippen LogP contribution in [0.4, 0.5) is 84.9 Å². The van der Waals surface area contributed by atoms with E-state index in [-0.39, 0.29) is 313 Å². The number of nitro groups is 2. The van der Waals surface area contributed by atoms with Gasteiger partial charge in [0.25, 0.3) is 18.3 Å². The number of imidazole rings is 1. The molecule has 3 fully saturated rings. The first-order chi connectivity index (χ1) is 59.4. The number of rotatable bonds is 20. The van der Waals surface area contributed by atoms with Gasteiger partial charge in [-0.3, -0.25) is 48.8 Å². The maximum Gasteiger partial charge on any atom is 1.00 e. The van der Waals surface area contributed by atoms with Gasteiger partial charge in [0, 0.05) is 104 Å². The summed E-state index contributed by atoms with van der Waals surface area (Å²) in [4.78, 5) is 113. The van der Waals surface area contributed by atoms with E-state index in [0.717, 1.165) is 38.5 Å². The van der Waals surface area contributed by atoms with Gasteiger partial charge in [-0.05, 0) is 236 Å². The zero-order valence-electron chi connectivity index (χ0n) is 76.4. The number of benzene rings is 5. The van der Waals surface area contributed by atoms with Crippen LogP contribution in [0.1, 0.15) is 141 Å². The molecule has 14 rings (SSSR count). The molecule has 11 aromatic rings. The Hall–Kier alpha value is -8.47. The Labute approximate surface area is 933 Å². The molecule has 0 radical (unpaired) electrons. The Morgan fingerprint density at radius 1 is 0.604 bits per heavy atom. The molecule has 3 aliphatic carbocycles. The first-order valence-electron chi connectivity index (χ1n) is 38.1. The van der Waals surface area contributed by atoms with Crippen molar-refractivity contribution >= 4 is 144 Å². The zero-order chi connectivity index (χ0) is 93.0. The maximum atomic E-state index is 14.0. The number of pyridine rings is 5. The molecule has 1 atom stereocenters. The molecule has 2 amide bonds. The summed E-state index contributed by atoms with van der Waals surface area (Å²) in [5.41, 5.74) is 17.4. The smallest absolute Gasteiger partial charge is 1.00 e. The van der Waals surface area contributed by atoms with Gasteiger partial charge in [0.15, 0.2) is 17.3 Å². The van der Waals surface area contributed by atoms with Gasteiger partial charge in [-0.1, -0.05) is 77.6 Å². The first-order valence-corrected chi connectivity index (χ1v) is 38.5. The summed E-state index contributed by atoms with van der Waals surface area (Å²) in [6.07, 6.45) is 27.1. The molecule has 1 unspecified atom stereocenters. The molecule has 0 spiro atoms. The molecule has 134 heavy (non-hydrogen) atoms. The third-order valence-electron chi connectivity index (χ3n) is 16.4. The van der Waals surface area contributed by atoms with Crippen molar-refractivity contribution in [3.8, 4) is 30.9 Å². The number of nitrogen functional groups attached to an aromatic ring is 2. The quantitative estimate of drug-likeness (QED) is 0.00286. The summed E-state index contributed by atoms with van der Waals surface area (Å²) in [6.45, 7) is 16.8. The van der Waals surface area contributed by atoms with Crippen molar-refractivity contribution in [3.05, 3.63) is 271 Å². The Bertz CT molecular complexity index is 5580. The molecule has 31 nitrogen and oxygen atoms in total. The van der Waals surface area contributed by atoms with E-state index in [2.05, 4.69) is 91.3 Å². The van der Waals surface area contributed by atoms with Gasteiger partial charge < -0.3 is 65.6 Å². The van der Waals surface area contributed by atoms with Crippen LogP contribution in [-0.2, 0) is 53.1 Å². The number of nitrogens with zero attached hydrogens (tertiary/aromatic N) is 9. The topological polar surface area (TPSA) is 483 Å². The third-order valence-corrected chi connectivity index (χ3v) is 16.7. The molecular weight excluding hydrogens is 1930 g/mol. The summed E-state index contributed by atoms with van der Waals surface area (Å²) < 4.78 is 72.9. The Balaban J connectivity index is -0.000000279. The zero-order valence-corrected chi connectivity index (χ0v) is 90.7. The van der Waals surface area contributed by atoms with E-state index in [1.807, 2.05) is 0 Å². The number of ketones is 2. The molecule has 6 heterocycles. The number of Topliss-reactive ketones (excluding diaryl/α,β-unsaturated/α-hetero) is 2. The number of halogens is 7. The predicted octanol–water partition coefficient (Wildman–Crippen LogP) is 9.16. The number of aryl methyl sites for hydroxylation is 5. The number of carbonyl (C=O) groups is 6. The van der Waals surface area contributed by atoms with Gasteiger partial charge in [-0.2, -0.15) is 9.90 Å². The van der Waals surface area contributed by atoms with Crippen molar-refractivity contribution in [2.75, 3.05) is 39.3 Å². The Morgan fingerprint density at radius 2 is 0.985 bits per heavy atom. The number of nitrogens with one attached hydrogen (secondary N) is 5. The number of amides is 2. The summed E-state index contributed by atoms with van der Waals surface area (Å²) in [7, 11) is 0. The van der Waals surface area contributed by atoms with Crippen molar-refractivity contribution in [2.24, 2.45) is 11.8 Å². The van der Waals surface area contributed by atoms with E-state index in [4.69, 9.17) is 33.1 Å². The average molecular weight is 2050 g/mol. The molecule has 702 valence electrons. The minimum Gasteiger partial charge on any atom is -1.00 e. The number of anilines is 9. The van der Waals surface area contributed by atoms with E-state index in [9.17, 15) is 71.3 Å². The molecule has 3 aliphatic rings. The number of hydrogen-bond acceptors (Lipinski definition) is 26. The van der Waals surface area contributed by atoms with Gasteiger partial charge in [0.2, 0.25) is 28.4 Å². The van der Waals surface area contributed by atoms with Crippen LogP contribution < -0.4 is 209 Å². The van der Waals surface area contributed by atoms with Gasteiger partial charge in [0.1, 0.15) is 34.6 Å². The van der Waals surface area contributed by atoms with E-state index in [1.54, 1.807) is 189 Å². The van der Waals surface area contributed by atoms with Gasteiger partial charge in [-0.25, -0.2) is 56.7 Å². The third kappa shape index (κ3) is 52.2. The van der Waals surface area contributed by atoms with Crippen LogP contribution in [0.2, 0.25) is 5.15 Å². The van der Waals surface area contributed by atoms with Gasteiger partial charge >= 0.3 is 171 Å². The summed E-state index contributed by atoms with van der Waals surface area (Å²) in [5, 5.41) is 53.5. The maximum absolute atomic E-state index is 14.0. The van der Waals surface area contributed by atoms with Gasteiger partial charge in [-0.15, -0.1) is 43.2 Å². The molecule has 43 heteroatoms. The van der Waals surface area contributed by atoms with Crippen LogP contribution in [0.5, 0.6) is 0 Å². The minimum absolute atomic E-state index is 0. The predicted molar refractivity (Wildman–Crippen MR) is 502 cm³/mol. The summed E-state index contributed by atoms with van der Waals surface area (Å²) >= 11 is 5.37. The van der Waals surface area contributed by atoms with Crippen LogP contribution in [0, 0.1) is 121 Å². The number of hydrogen-bond donors (Lipinski definition) is 8. The molecule has 0 saturated heterocycles. The Kier molecular flexibility index (Phi) is 73.1. The van der Waals surface area contributed by atoms with Crippen LogP contribution in [-0.4, -0.2) is 98.4 Å². The molecule has 3 saturated carbocycles. The summed E-state index contributed by atoms with van der Waals surface area (Å²) in [5.74, 6) is 0.390. The number of aromatic nitrogens is 7. The fraction of sp³-hybridized carbons (Fsp3) is 0.275. The fourth-order valence-corrected chi connectivity index (χ4v) is 9.76. The van der Waals surface area contributed by atoms with E-state index >= 15 is 0 Å². The van der Waals surface area contributed by atoms with Crippen molar-refractivity contribution in [1.29, 1.82) is 0 Å². The van der Waals surface area contributed by atoms with Crippen LogP contribution in [0.25, 0.3) is 16.9 Å². The van der Waals surface area contributed by atoms with Crippen molar-refractivity contribution in [2.45, 2.75) is 147 Å². The van der Waals surface area contributed by atoms with Crippen LogP contribution >= 0.6 is 33.9 Å². The average Bonchev–Trinajstić information content (AvgIpc) is 1.63. The van der Waals surface area contributed by atoms with Crippen LogP contribution in [0.15, 0.2) is 183 Å². The molecule has 12 N–H and O–H groups in total. The standard InChI is InChI=1S/C18H18FN3O2.C17H15FN4O.C12H10FN3O2.C12H12FN3.C8H12O3.C7H8FN.C5H3ClN2O2.C4H9O.C3H4.C2H2.CH2O3.2CH4.ClH.3K.H3N.H3P.Zn.H/c1-11-4-7-13(10-14(11)19)21-17-15(3-2-8-20-17)22-18(24)16(23)9-12-5-6-12;1-10-4-7-12(9-13(10)18)22-15-14(3-2-8-19-15)21-16(22)17(23)20-11-5-6-11;1-8-4-5-9(7-10(8)13)15-12-11(16(17)18)3-2-6-14-12;1-8-4-5-9(7-10(8)13)16-12-11(14)3-2-6-15-12;1-2-11-8(10)7(9)5-6-3-4-6;1-5-2-3-6(9)4-7(5)8;6-5-4(8(9)10)2-1-3-7-5;1-4(2,3)5;1-3-2;1-2;2-1-4-3;;;;;;;;;;/h2-4,7-8,10,12H,5-6,9H2,1H3,(H,20,21)(H,22,24);2-4,7-9,11H,5-6H2,1H3,(H,20,23);2-7H,1H3,(H,14,15);2-7H,14H2,1H3,(H,15,16);6H,2-5H2,1H3;2-4H,9H2,1H3;1-3H;1-3H3;1H,2H3;1-2H;1,3H;2*1H4;1H;;;;2*1H3;;/q;;;;;;;-1;;;;;;;3*+1;;;;-1/p-1. The SMILES string of the molecule is C.C.C#C.C#CC.CC(C)(C)[O-].CCOC(=O)C(=O)CC1CC1.Cc1ccc(-n2c(C(=O)NC3CC3)nc3cccnc32)cc1F.Cc1ccc(N)cc1F.Cc1ccc(Nc2ncccc2N)cc1F.Cc1ccc(Nc2ncccc2NC(=O)C(=O)CC2CC2)cc1F.Cc1ccc(Nc2ncccc2[N+](=O)[O-])cc1F.Cl.N.O=CO[O-].O=[N+]([O-])c1cccnc1Cl.P.[H-].[K+].[K+].[K+].[Zn]. The molecular formula is C91H110Cl2F5K3N17O14PZn. The first kappa shape index (κ1) is 136. The normalized spacial score (nSPS) is 10.7. The van der Waals surface area contributed by atoms with Crippen molar-refractivity contribution in [3.63, 3.8) is 0 Å². The molecule has 0 bridgehead atoms. The number of carbonyl (C=O) groups excluding carboxylic acids is 6. The summed E-state index contributed by atoms with van der Waals surface area (Å²) in [6, 6.07) is 39.8. The second kappa shape index (κ2) is 71.9. The number of nitrogens with two attached hydrogens (primary N) is 2. The monoisotopic (exact) mass is 2040 g/mol. The van der Waals surface area contributed by atoms with E-state index < -0.39 is 33.1 Å². The second-order valence-corrected chi connectivity index (χ2v) is 28.4. The van der Waals surface area contributed by atoms with Crippen molar-refractivity contribution < 1.29 is 256 Å². The largest absolute Gasteiger partial charge is 1.00 e.